The molecule has 1 aromatic heterocycles. The highest BCUT2D eigenvalue weighted by molar-refractivity contribution is 5.81. The number of pyridine rings is 1. The normalized spacial score (nSPS) is 11.3. The molecule has 0 radical (unpaired) electrons. The van der Waals surface area contributed by atoms with E-state index in [9.17, 15) is 10.1 Å². The number of para-hydroxylation sites is 1. The summed E-state index contributed by atoms with van der Waals surface area (Å²) in [6.07, 6.45) is 3.48. The van der Waals surface area contributed by atoms with Crippen molar-refractivity contribution in [2.75, 3.05) is 0 Å². The zero-order chi connectivity index (χ0) is 13.0. The summed E-state index contributed by atoms with van der Waals surface area (Å²) >= 11 is 0. The second kappa shape index (κ2) is 5.23. The molecule has 0 aliphatic heterocycles. The molecule has 0 saturated carbocycles. The standard InChI is InChI=1S/C14H12N2O2/c1-11(13-7-4-5-9-15-13)10-12-6-2-3-8-14(12)16(17)18/h2-10H,1H3/b11-10+. The van der Waals surface area contributed by atoms with Crippen LogP contribution in [-0.4, -0.2) is 9.91 Å². The molecule has 0 spiro atoms. The highest BCUT2D eigenvalue weighted by Crippen LogP contribution is 2.23. The summed E-state index contributed by atoms with van der Waals surface area (Å²) in [6, 6.07) is 12.3. The quantitative estimate of drug-likeness (QED) is 0.609. The summed E-state index contributed by atoms with van der Waals surface area (Å²) in [7, 11) is 0. The first-order valence-corrected chi connectivity index (χ1v) is 5.51. The third kappa shape index (κ3) is 2.60. The zero-order valence-corrected chi connectivity index (χ0v) is 9.91. The summed E-state index contributed by atoms with van der Waals surface area (Å²) in [4.78, 5) is 14.7. The molecule has 0 aliphatic rings. The minimum absolute atomic E-state index is 0.104. The van der Waals surface area contributed by atoms with Crippen LogP contribution >= 0.6 is 0 Å². The van der Waals surface area contributed by atoms with Crippen molar-refractivity contribution < 1.29 is 4.92 Å². The van der Waals surface area contributed by atoms with Crippen LogP contribution in [0.25, 0.3) is 11.6 Å². The van der Waals surface area contributed by atoms with Crippen LogP contribution in [0.5, 0.6) is 0 Å². The van der Waals surface area contributed by atoms with Crippen molar-refractivity contribution in [3.63, 3.8) is 0 Å². The Balaban J connectivity index is 2.42. The van der Waals surface area contributed by atoms with Crippen molar-refractivity contribution in [3.05, 3.63) is 70.0 Å². The fourth-order valence-corrected chi connectivity index (χ4v) is 1.68. The van der Waals surface area contributed by atoms with E-state index in [1.54, 1.807) is 30.5 Å². The summed E-state index contributed by atoms with van der Waals surface area (Å²) in [5.74, 6) is 0. The van der Waals surface area contributed by atoms with Gasteiger partial charge in [-0.05, 0) is 36.8 Å². The van der Waals surface area contributed by atoms with Gasteiger partial charge < -0.3 is 0 Å². The monoisotopic (exact) mass is 240 g/mol. The lowest BCUT2D eigenvalue weighted by atomic mass is 10.1. The lowest BCUT2D eigenvalue weighted by Gasteiger charge is -2.01. The molecule has 90 valence electrons. The maximum Gasteiger partial charge on any atom is 0.276 e. The van der Waals surface area contributed by atoms with Gasteiger partial charge in [0.2, 0.25) is 0 Å². The lowest BCUT2D eigenvalue weighted by Crippen LogP contribution is -1.91. The van der Waals surface area contributed by atoms with Gasteiger partial charge in [-0.3, -0.25) is 15.1 Å². The second-order valence-electron chi connectivity index (χ2n) is 3.86. The van der Waals surface area contributed by atoms with Crippen LogP contribution in [0, 0.1) is 10.1 Å². The molecule has 4 heteroatoms. The Morgan fingerprint density at radius 3 is 2.61 bits per heavy atom. The molecule has 1 aromatic carbocycles. The van der Waals surface area contributed by atoms with Gasteiger partial charge in [0.15, 0.2) is 0 Å². The van der Waals surface area contributed by atoms with E-state index in [2.05, 4.69) is 4.98 Å². The third-order valence-electron chi connectivity index (χ3n) is 2.57. The Kier molecular flexibility index (Phi) is 3.48. The van der Waals surface area contributed by atoms with Crippen LogP contribution in [0.15, 0.2) is 48.7 Å². The van der Waals surface area contributed by atoms with Gasteiger partial charge in [-0.25, -0.2) is 0 Å². The van der Waals surface area contributed by atoms with E-state index in [4.69, 9.17) is 0 Å². The predicted molar refractivity (Wildman–Crippen MR) is 70.9 cm³/mol. The molecule has 0 bridgehead atoms. The molecule has 2 rings (SSSR count). The van der Waals surface area contributed by atoms with E-state index in [-0.39, 0.29) is 10.6 Å². The zero-order valence-electron chi connectivity index (χ0n) is 9.91. The van der Waals surface area contributed by atoms with E-state index in [1.165, 1.54) is 6.07 Å². The second-order valence-corrected chi connectivity index (χ2v) is 3.86. The van der Waals surface area contributed by atoms with Gasteiger partial charge in [0, 0.05) is 12.3 Å². The van der Waals surface area contributed by atoms with Gasteiger partial charge in [-0.1, -0.05) is 18.2 Å². The number of allylic oxidation sites excluding steroid dienone is 1. The van der Waals surface area contributed by atoms with Crippen molar-refractivity contribution in [2.45, 2.75) is 6.92 Å². The van der Waals surface area contributed by atoms with Gasteiger partial charge in [-0.15, -0.1) is 0 Å². The van der Waals surface area contributed by atoms with Crippen molar-refractivity contribution in [2.24, 2.45) is 0 Å². The largest absolute Gasteiger partial charge is 0.276 e. The molecular weight excluding hydrogens is 228 g/mol. The third-order valence-corrected chi connectivity index (χ3v) is 2.57. The van der Waals surface area contributed by atoms with E-state index >= 15 is 0 Å². The van der Waals surface area contributed by atoms with Crippen LogP contribution in [0.3, 0.4) is 0 Å². The number of nitro groups is 1. The molecule has 4 nitrogen and oxygen atoms in total. The number of hydrogen-bond donors (Lipinski definition) is 0. The molecule has 18 heavy (non-hydrogen) atoms. The van der Waals surface area contributed by atoms with E-state index in [0.29, 0.717) is 5.56 Å². The summed E-state index contributed by atoms with van der Waals surface area (Å²) in [5.41, 5.74) is 2.40. The molecule has 0 N–H and O–H groups in total. The molecule has 0 atom stereocenters. The van der Waals surface area contributed by atoms with Crippen LogP contribution in [0.1, 0.15) is 18.2 Å². The molecule has 0 aliphatic carbocycles. The summed E-state index contributed by atoms with van der Waals surface area (Å²) in [6.45, 7) is 1.89. The summed E-state index contributed by atoms with van der Waals surface area (Å²) < 4.78 is 0. The number of benzene rings is 1. The molecule has 0 saturated heterocycles. The molecule has 0 unspecified atom stereocenters. The van der Waals surface area contributed by atoms with E-state index in [1.807, 2.05) is 25.1 Å². The van der Waals surface area contributed by atoms with Gasteiger partial charge in [0.1, 0.15) is 0 Å². The Hall–Kier alpha value is -2.49. The first kappa shape index (κ1) is 12.0. The fourth-order valence-electron chi connectivity index (χ4n) is 1.68. The fraction of sp³-hybridized carbons (Fsp3) is 0.0714. The Bertz CT molecular complexity index is 592. The summed E-state index contributed by atoms with van der Waals surface area (Å²) in [5, 5.41) is 10.9. The maximum atomic E-state index is 10.9. The molecule has 1 heterocycles. The van der Waals surface area contributed by atoms with Gasteiger partial charge in [-0.2, -0.15) is 0 Å². The van der Waals surface area contributed by atoms with Crippen molar-refractivity contribution >= 4 is 17.3 Å². The molecule has 0 amide bonds. The average molecular weight is 240 g/mol. The molecule has 0 fully saturated rings. The minimum Gasteiger partial charge on any atom is -0.258 e. The van der Waals surface area contributed by atoms with Crippen molar-refractivity contribution in [3.8, 4) is 0 Å². The molecular formula is C14H12N2O2. The number of hydrogen-bond acceptors (Lipinski definition) is 3. The van der Waals surface area contributed by atoms with Crippen LogP contribution < -0.4 is 0 Å². The first-order chi connectivity index (χ1) is 8.68. The minimum atomic E-state index is -0.377. The topological polar surface area (TPSA) is 56.0 Å². The number of nitro benzene ring substituents is 1. The van der Waals surface area contributed by atoms with E-state index < -0.39 is 0 Å². The Labute approximate surface area is 105 Å². The first-order valence-electron chi connectivity index (χ1n) is 5.51. The number of aromatic nitrogens is 1. The Morgan fingerprint density at radius 2 is 1.94 bits per heavy atom. The number of nitrogens with zero attached hydrogens (tertiary/aromatic N) is 2. The highest BCUT2D eigenvalue weighted by atomic mass is 16.6. The van der Waals surface area contributed by atoms with Crippen LogP contribution in [0.2, 0.25) is 0 Å². The molecule has 2 aromatic rings. The van der Waals surface area contributed by atoms with Crippen LogP contribution in [-0.2, 0) is 0 Å². The van der Waals surface area contributed by atoms with Gasteiger partial charge >= 0.3 is 0 Å². The van der Waals surface area contributed by atoms with Gasteiger partial charge in [0.25, 0.3) is 5.69 Å². The van der Waals surface area contributed by atoms with Crippen molar-refractivity contribution in [1.82, 2.24) is 4.98 Å². The lowest BCUT2D eigenvalue weighted by molar-refractivity contribution is -0.385. The van der Waals surface area contributed by atoms with Crippen molar-refractivity contribution in [1.29, 1.82) is 0 Å². The Morgan fingerprint density at radius 1 is 1.22 bits per heavy atom. The SMILES string of the molecule is C/C(=C\c1ccccc1[N+](=O)[O-])c1ccccn1. The predicted octanol–water partition coefficient (Wildman–Crippen LogP) is 3.55. The van der Waals surface area contributed by atoms with Crippen LogP contribution in [0.4, 0.5) is 5.69 Å². The smallest absolute Gasteiger partial charge is 0.258 e. The van der Waals surface area contributed by atoms with E-state index in [0.717, 1.165) is 11.3 Å². The highest BCUT2D eigenvalue weighted by Gasteiger charge is 2.10. The number of rotatable bonds is 3. The average Bonchev–Trinajstić information content (AvgIpc) is 2.40. The maximum absolute atomic E-state index is 10.9. The van der Waals surface area contributed by atoms with Gasteiger partial charge in [0.05, 0.1) is 16.2 Å².